The minimum atomic E-state index is -3.59. The predicted octanol–water partition coefficient (Wildman–Crippen LogP) is 2.90. The molecule has 2 unspecified atom stereocenters. The third-order valence-electron chi connectivity index (χ3n) is 3.72. The first kappa shape index (κ1) is 16.2. The maximum Gasteiger partial charge on any atom is 0.242 e. The van der Waals surface area contributed by atoms with Crippen molar-refractivity contribution in [2.75, 3.05) is 6.54 Å². The molecule has 0 aromatic heterocycles. The zero-order chi connectivity index (χ0) is 14.8. The number of hydrogen-bond donors (Lipinski definition) is 2. The summed E-state index contributed by atoms with van der Waals surface area (Å²) in [4.78, 5) is 0.173. The van der Waals surface area contributed by atoms with Crippen LogP contribution in [0.3, 0.4) is 0 Å². The monoisotopic (exact) mass is 380 g/mol. The molecule has 1 aromatic carbocycles. The Labute approximate surface area is 133 Å². The lowest BCUT2D eigenvalue weighted by Gasteiger charge is -2.31. The topological polar surface area (TPSA) is 72.2 Å². The minimum absolute atomic E-state index is 0.0929. The van der Waals surface area contributed by atoms with Gasteiger partial charge in [0.2, 0.25) is 10.0 Å². The van der Waals surface area contributed by atoms with E-state index in [1.54, 1.807) is 18.2 Å². The highest BCUT2D eigenvalue weighted by atomic mass is 79.9. The molecule has 0 spiro atoms. The van der Waals surface area contributed by atoms with E-state index < -0.39 is 10.0 Å². The Kier molecular flexibility index (Phi) is 5.48. The normalized spacial score (nSPS) is 23.8. The molecule has 0 bridgehead atoms. The van der Waals surface area contributed by atoms with Crippen molar-refractivity contribution in [3.8, 4) is 0 Å². The van der Waals surface area contributed by atoms with Crippen LogP contribution in [0.5, 0.6) is 0 Å². The second-order valence-corrected chi connectivity index (χ2v) is 7.94. The molecule has 7 heteroatoms. The summed E-state index contributed by atoms with van der Waals surface area (Å²) in [6.07, 6.45) is 3.95. The van der Waals surface area contributed by atoms with Gasteiger partial charge < -0.3 is 5.73 Å². The van der Waals surface area contributed by atoms with Gasteiger partial charge in [-0.25, -0.2) is 13.1 Å². The highest BCUT2D eigenvalue weighted by Crippen LogP contribution is 2.31. The number of sulfonamides is 1. The van der Waals surface area contributed by atoms with E-state index in [2.05, 4.69) is 20.7 Å². The lowest BCUT2D eigenvalue weighted by atomic mass is 9.85. The van der Waals surface area contributed by atoms with Crippen molar-refractivity contribution in [2.45, 2.75) is 36.6 Å². The summed E-state index contributed by atoms with van der Waals surface area (Å²) >= 11 is 9.20. The number of rotatable bonds is 4. The summed E-state index contributed by atoms with van der Waals surface area (Å²) < 4.78 is 28.2. The average molecular weight is 382 g/mol. The van der Waals surface area contributed by atoms with Crippen molar-refractivity contribution >= 4 is 37.6 Å². The number of benzene rings is 1. The van der Waals surface area contributed by atoms with E-state index in [0.717, 1.165) is 25.7 Å². The standard InChI is InChI=1S/C13H18BrClN2O2S/c14-13-10(15)5-3-7-12(13)20(18,19)17-11-6-2-1-4-9(11)8-16/h3,5,7,9,11,17H,1-2,4,6,8,16H2. The van der Waals surface area contributed by atoms with Crippen LogP contribution < -0.4 is 10.5 Å². The Morgan fingerprint density at radius 1 is 1.35 bits per heavy atom. The first-order chi connectivity index (χ1) is 9.45. The third-order valence-corrected chi connectivity index (χ3v) is 6.92. The lowest BCUT2D eigenvalue weighted by Crippen LogP contribution is -2.44. The molecule has 0 amide bonds. The molecule has 0 radical (unpaired) electrons. The van der Waals surface area contributed by atoms with E-state index in [4.69, 9.17) is 17.3 Å². The molecule has 3 N–H and O–H groups in total. The van der Waals surface area contributed by atoms with Gasteiger partial charge in [-0.1, -0.05) is 30.5 Å². The molecule has 0 saturated heterocycles. The number of halogens is 2. The van der Waals surface area contributed by atoms with Crippen molar-refractivity contribution in [1.82, 2.24) is 4.72 Å². The van der Waals surface area contributed by atoms with Gasteiger partial charge in [0.1, 0.15) is 0 Å². The van der Waals surface area contributed by atoms with E-state index in [1.165, 1.54) is 0 Å². The van der Waals surface area contributed by atoms with Gasteiger partial charge >= 0.3 is 0 Å². The lowest BCUT2D eigenvalue weighted by molar-refractivity contribution is 0.296. The summed E-state index contributed by atoms with van der Waals surface area (Å²) in [6, 6.07) is 4.72. The largest absolute Gasteiger partial charge is 0.330 e. The molecule has 1 aliphatic rings. The van der Waals surface area contributed by atoms with Crippen LogP contribution in [0.1, 0.15) is 25.7 Å². The molecule has 1 saturated carbocycles. The van der Waals surface area contributed by atoms with Crippen molar-refractivity contribution in [3.63, 3.8) is 0 Å². The second kappa shape index (κ2) is 6.75. The number of hydrogen-bond acceptors (Lipinski definition) is 3. The number of nitrogens with one attached hydrogen (secondary N) is 1. The molecule has 20 heavy (non-hydrogen) atoms. The number of nitrogens with two attached hydrogens (primary N) is 1. The molecule has 112 valence electrons. The van der Waals surface area contributed by atoms with E-state index >= 15 is 0 Å². The smallest absolute Gasteiger partial charge is 0.242 e. The van der Waals surface area contributed by atoms with Gasteiger partial charge in [0.15, 0.2) is 0 Å². The van der Waals surface area contributed by atoms with Gasteiger partial charge in [0, 0.05) is 6.04 Å². The fraction of sp³-hybridized carbons (Fsp3) is 0.538. The first-order valence-corrected chi connectivity index (χ1v) is 9.27. The Morgan fingerprint density at radius 3 is 2.75 bits per heavy atom. The van der Waals surface area contributed by atoms with Crippen LogP contribution in [0.15, 0.2) is 27.6 Å². The Bertz CT molecular complexity index is 580. The van der Waals surface area contributed by atoms with Crippen molar-refractivity contribution in [1.29, 1.82) is 0 Å². The van der Waals surface area contributed by atoms with Gasteiger partial charge in [0.25, 0.3) is 0 Å². The molecular formula is C13H18BrClN2O2S. The fourth-order valence-corrected chi connectivity index (χ4v) is 5.17. The quantitative estimate of drug-likeness (QED) is 0.842. The summed E-state index contributed by atoms with van der Waals surface area (Å²) in [7, 11) is -3.59. The maximum absolute atomic E-state index is 12.5. The maximum atomic E-state index is 12.5. The zero-order valence-corrected chi connectivity index (χ0v) is 14.1. The van der Waals surface area contributed by atoms with Crippen molar-refractivity contribution < 1.29 is 8.42 Å². The van der Waals surface area contributed by atoms with Crippen molar-refractivity contribution in [2.24, 2.45) is 11.7 Å². The SMILES string of the molecule is NCC1CCCCC1NS(=O)(=O)c1cccc(Cl)c1Br. The van der Waals surface area contributed by atoms with Gasteiger partial charge in [-0.2, -0.15) is 0 Å². The molecule has 2 atom stereocenters. The van der Waals surface area contributed by atoms with Crippen molar-refractivity contribution in [3.05, 3.63) is 27.7 Å². The second-order valence-electron chi connectivity index (χ2n) is 5.06. The van der Waals surface area contributed by atoms with Crippen LogP contribution in [0, 0.1) is 5.92 Å². The molecule has 0 aliphatic heterocycles. The molecule has 1 fully saturated rings. The van der Waals surface area contributed by atoms with Gasteiger partial charge in [-0.3, -0.25) is 0 Å². The van der Waals surface area contributed by atoms with Crippen LogP contribution >= 0.6 is 27.5 Å². The minimum Gasteiger partial charge on any atom is -0.330 e. The molecule has 1 aromatic rings. The van der Waals surface area contributed by atoms with Crippen LogP contribution in [-0.2, 0) is 10.0 Å². The van der Waals surface area contributed by atoms with E-state index in [9.17, 15) is 8.42 Å². The van der Waals surface area contributed by atoms with Crippen LogP contribution in [-0.4, -0.2) is 21.0 Å². The fourth-order valence-electron chi connectivity index (χ4n) is 2.60. The van der Waals surface area contributed by atoms with Crippen LogP contribution in [0.4, 0.5) is 0 Å². The Morgan fingerprint density at radius 2 is 2.05 bits per heavy atom. The van der Waals surface area contributed by atoms with E-state index in [1.807, 2.05) is 0 Å². The van der Waals surface area contributed by atoms with Crippen LogP contribution in [0.25, 0.3) is 0 Å². The highest BCUT2D eigenvalue weighted by molar-refractivity contribution is 9.10. The van der Waals surface area contributed by atoms with E-state index in [0.29, 0.717) is 16.0 Å². The molecule has 0 heterocycles. The van der Waals surface area contributed by atoms with E-state index in [-0.39, 0.29) is 16.9 Å². The third kappa shape index (κ3) is 3.54. The molecular weight excluding hydrogens is 364 g/mol. The molecule has 4 nitrogen and oxygen atoms in total. The summed E-state index contributed by atoms with van der Waals surface area (Å²) in [5.41, 5.74) is 5.74. The summed E-state index contributed by atoms with van der Waals surface area (Å²) in [5.74, 6) is 0.205. The molecule has 2 rings (SSSR count). The zero-order valence-electron chi connectivity index (χ0n) is 11.0. The van der Waals surface area contributed by atoms with Crippen LogP contribution in [0.2, 0.25) is 5.02 Å². The average Bonchev–Trinajstić information content (AvgIpc) is 2.42. The van der Waals surface area contributed by atoms with Gasteiger partial charge in [-0.15, -0.1) is 0 Å². The highest BCUT2D eigenvalue weighted by Gasteiger charge is 2.29. The first-order valence-electron chi connectivity index (χ1n) is 6.62. The Balaban J connectivity index is 2.24. The summed E-state index contributed by atoms with van der Waals surface area (Å²) in [5, 5.41) is 0.381. The summed E-state index contributed by atoms with van der Waals surface area (Å²) in [6.45, 7) is 0.504. The Hall–Kier alpha value is -0.140. The van der Waals surface area contributed by atoms with Gasteiger partial charge in [-0.05, 0) is 53.4 Å². The predicted molar refractivity (Wildman–Crippen MR) is 84.3 cm³/mol. The molecule has 1 aliphatic carbocycles. The van der Waals surface area contributed by atoms with Gasteiger partial charge in [0.05, 0.1) is 14.4 Å².